The molecule has 1 heterocycles. The smallest absolute Gasteiger partial charge is 0.387 e. The molecule has 0 saturated heterocycles. The number of ether oxygens (including phenoxy) is 1. The van der Waals surface area contributed by atoms with Crippen molar-refractivity contribution in [1.82, 2.24) is 0 Å². The third kappa shape index (κ3) is 5.63. The molecule has 0 aromatic heterocycles. The summed E-state index contributed by atoms with van der Waals surface area (Å²) in [5, 5.41) is 13.2. The molecular weight excluding hydrogens is 450 g/mol. The van der Waals surface area contributed by atoms with Crippen LogP contribution in [0.1, 0.15) is 47.7 Å². The number of carbonyl (C=O) groups is 1. The van der Waals surface area contributed by atoms with E-state index in [2.05, 4.69) is 15.0 Å². The van der Waals surface area contributed by atoms with Gasteiger partial charge in [0.05, 0.1) is 18.0 Å². The summed E-state index contributed by atoms with van der Waals surface area (Å²) < 4.78 is 29.4. The van der Waals surface area contributed by atoms with Crippen molar-refractivity contribution in [1.29, 1.82) is 0 Å². The summed E-state index contributed by atoms with van der Waals surface area (Å²) in [5.74, 6) is 0.112. The number of Topliss-reactive ketones (excluding diaryl/α,β-unsaturated/α-hetero) is 1. The minimum atomic E-state index is -2.87. The van der Waals surface area contributed by atoms with Crippen molar-refractivity contribution >= 4 is 22.8 Å². The molecule has 0 atom stereocenters. The van der Waals surface area contributed by atoms with Crippen LogP contribution in [0.5, 0.6) is 5.75 Å². The zero-order valence-electron chi connectivity index (χ0n) is 19.3. The fraction of sp³-hybridized carbons (Fsp3) is 0.214. The van der Waals surface area contributed by atoms with Gasteiger partial charge in [0, 0.05) is 35.0 Å². The highest BCUT2D eigenvalue weighted by molar-refractivity contribution is 6.25. The summed E-state index contributed by atoms with van der Waals surface area (Å²) in [6, 6.07) is 11.8. The number of alkyl halides is 2. The molecule has 0 amide bonds. The van der Waals surface area contributed by atoms with Crippen molar-refractivity contribution in [3.05, 3.63) is 101 Å². The third-order valence-corrected chi connectivity index (χ3v) is 5.70. The van der Waals surface area contributed by atoms with Crippen LogP contribution in [0.15, 0.2) is 89.2 Å². The number of hydrogen-bond donors (Lipinski definition) is 2. The van der Waals surface area contributed by atoms with Crippen molar-refractivity contribution in [2.45, 2.75) is 39.4 Å². The van der Waals surface area contributed by atoms with Crippen LogP contribution in [-0.2, 0) is 6.61 Å². The quantitative estimate of drug-likeness (QED) is 0.409. The van der Waals surface area contributed by atoms with E-state index in [4.69, 9.17) is 0 Å². The first-order valence-corrected chi connectivity index (χ1v) is 11.5. The predicted octanol–water partition coefficient (Wildman–Crippen LogP) is 6.44. The number of nitrogens with zero attached hydrogens (tertiary/aromatic N) is 1. The van der Waals surface area contributed by atoms with Crippen molar-refractivity contribution < 1.29 is 23.4 Å². The standard InChI is InChI=1S/C28H26F2N2O3/c1-2-6-26(34)22-14-11-20(15-19(22)17-33)32-25-8-5-3-4-7-23-24(16-31-27(23)25)18-9-12-21(13-10-18)35-28(29)30/h3-4,7-16,28,32-33H,2,5-6,17H2,1H3/b4-3-,23-7-,25-8-. The van der Waals surface area contributed by atoms with Gasteiger partial charge in [-0.3, -0.25) is 9.79 Å². The van der Waals surface area contributed by atoms with Crippen LogP contribution in [0.4, 0.5) is 14.5 Å². The maximum Gasteiger partial charge on any atom is 0.387 e. The van der Waals surface area contributed by atoms with E-state index in [0.717, 1.165) is 40.2 Å². The van der Waals surface area contributed by atoms with Gasteiger partial charge in [-0.05, 0) is 54.3 Å². The second-order valence-electron chi connectivity index (χ2n) is 8.11. The second kappa shape index (κ2) is 11.1. The van der Waals surface area contributed by atoms with Gasteiger partial charge < -0.3 is 15.2 Å². The van der Waals surface area contributed by atoms with Crippen molar-refractivity contribution in [3.8, 4) is 5.75 Å². The van der Waals surface area contributed by atoms with Crippen LogP contribution in [0.25, 0.3) is 5.57 Å². The highest BCUT2D eigenvalue weighted by atomic mass is 19.3. The largest absolute Gasteiger partial charge is 0.435 e. The summed E-state index contributed by atoms with van der Waals surface area (Å²) in [5.41, 5.74) is 5.97. The van der Waals surface area contributed by atoms with Crippen molar-refractivity contribution in [2.75, 3.05) is 5.32 Å². The summed E-state index contributed by atoms with van der Waals surface area (Å²) in [7, 11) is 0. The van der Waals surface area contributed by atoms with Gasteiger partial charge in [-0.2, -0.15) is 8.78 Å². The SMILES string of the molecule is CCCC(=O)c1ccc(N/C2=C\C/C=C\C=C3\C(c4ccc(OC(F)F)cc4)=CN=C23)cc1CO. The molecule has 2 aromatic carbocycles. The lowest BCUT2D eigenvalue weighted by atomic mass is 9.93. The minimum Gasteiger partial charge on any atom is -0.435 e. The molecule has 0 unspecified atom stereocenters. The molecule has 0 radical (unpaired) electrons. The fourth-order valence-corrected chi connectivity index (χ4v) is 4.05. The van der Waals surface area contributed by atoms with Gasteiger partial charge in [-0.25, -0.2) is 0 Å². The summed E-state index contributed by atoms with van der Waals surface area (Å²) in [4.78, 5) is 17.0. The number of aliphatic imine (C=N–C) groups is 1. The molecule has 180 valence electrons. The van der Waals surface area contributed by atoms with E-state index in [1.807, 2.05) is 37.3 Å². The number of rotatable bonds is 9. The molecule has 2 N–H and O–H groups in total. The summed E-state index contributed by atoms with van der Waals surface area (Å²) >= 11 is 0. The van der Waals surface area contributed by atoms with Crippen molar-refractivity contribution in [2.24, 2.45) is 4.99 Å². The number of aliphatic hydroxyl groups is 1. The topological polar surface area (TPSA) is 70.9 Å². The zero-order chi connectivity index (χ0) is 24.8. The van der Waals surface area contributed by atoms with Crippen LogP contribution >= 0.6 is 0 Å². The lowest BCUT2D eigenvalue weighted by Crippen LogP contribution is -2.14. The predicted molar refractivity (Wildman–Crippen MR) is 134 cm³/mol. The Morgan fingerprint density at radius 3 is 2.69 bits per heavy atom. The number of nitrogens with one attached hydrogen (secondary N) is 1. The normalized spacial score (nSPS) is 18.8. The van der Waals surface area contributed by atoms with E-state index in [9.17, 15) is 18.7 Å². The molecule has 1 aliphatic heterocycles. The summed E-state index contributed by atoms with van der Waals surface area (Å²) in [6.07, 6.45) is 11.6. The number of halogens is 2. The Morgan fingerprint density at radius 1 is 1.17 bits per heavy atom. The second-order valence-corrected chi connectivity index (χ2v) is 8.11. The van der Waals surface area contributed by atoms with Gasteiger partial charge >= 0.3 is 6.61 Å². The average Bonchev–Trinajstić information content (AvgIpc) is 3.24. The number of benzene rings is 2. The van der Waals surface area contributed by atoms with Gasteiger partial charge in [-0.1, -0.05) is 43.4 Å². The van der Waals surface area contributed by atoms with Gasteiger partial charge in [0.1, 0.15) is 5.75 Å². The minimum absolute atomic E-state index is 0.0163. The zero-order valence-corrected chi connectivity index (χ0v) is 19.3. The molecule has 0 bridgehead atoms. The van der Waals surface area contributed by atoms with E-state index in [-0.39, 0.29) is 18.1 Å². The van der Waals surface area contributed by atoms with E-state index in [0.29, 0.717) is 24.0 Å². The maximum atomic E-state index is 12.5. The number of aliphatic hydroxyl groups excluding tert-OH is 1. The Kier molecular flexibility index (Phi) is 7.67. The molecule has 0 spiro atoms. The lowest BCUT2D eigenvalue weighted by molar-refractivity contribution is -0.0498. The average molecular weight is 477 g/mol. The molecule has 7 heteroatoms. The lowest BCUT2D eigenvalue weighted by Gasteiger charge is -2.17. The molecule has 2 aromatic rings. The van der Waals surface area contributed by atoms with E-state index < -0.39 is 6.61 Å². The van der Waals surface area contributed by atoms with Gasteiger partial charge in [-0.15, -0.1) is 0 Å². The molecule has 1 aliphatic carbocycles. The van der Waals surface area contributed by atoms with Crippen LogP contribution in [0, 0.1) is 0 Å². The van der Waals surface area contributed by atoms with Crippen LogP contribution in [0.2, 0.25) is 0 Å². The number of anilines is 1. The number of allylic oxidation sites excluding steroid dienone is 6. The fourth-order valence-electron chi connectivity index (χ4n) is 4.05. The first-order chi connectivity index (χ1) is 17.0. The molecule has 35 heavy (non-hydrogen) atoms. The van der Waals surface area contributed by atoms with Gasteiger partial charge in [0.25, 0.3) is 0 Å². The Balaban J connectivity index is 1.57. The van der Waals surface area contributed by atoms with Gasteiger partial charge in [0.2, 0.25) is 0 Å². The van der Waals surface area contributed by atoms with Crippen LogP contribution in [-0.4, -0.2) is 23.2 Å². The highest BCUT2D eigenvalue weighted by Crippen LogP contribution is 2.34. The first-order valence-electron chi connectivity index (χ1n) is 11.5. The Bertz CT molecular complexity index is 1260. The number of carbonyl (C=O) groups excluding carboxylic acids is 1. The number of ketones is 1. The molecule has 4 rings (SSSR count). The Hall–Kier alpha value is -3.84. The molecule has 2 aliphatic rings. The highest BCUT2D eigenvalue weighted by Gasteiger charge is 2.23. The number of hydrogen-bond acceptors (Lipinski definition) is 5. The third-order valence-electron chi connectivity index (χ3n) is 5.70. The Labute approximate surface area is 202 Å². The van der Waals surface area contributed by atoms with E-state index >= 15 is 0 Å². The van der Waals surface area contributed by atoms with E-state index in [1.165, 1.54) is 12.1 Å². The van der Waals surface area contributed by atoms with Gasteiger partial charge in [0.15, 0.2) is 5.78 Å². The Morgan fingerprint density at radius 2 is 1.97 bits per heavy atom. The van der Waals surface area contributed by atoms with Crippen LogP contribution in [0.3, 0.4) is 0 Å². The van der Waals surface area contributed by atoms with E-state index in [1.54, 1.807) is 30.5 Å². The monoisotopic (exact) mass is 476 g/mol. The molecular formula is C28H26F2N2O3. The summed E-state index contributed by atoms with van der Waals surface area (Å²) in [6.45, 7) is -1.15. The molecule has 5 nitrogen and oxygen atoms in total. The number of fused-ring (bicyclic) bond motifs is 1. The first kappa shape index (κ1) is 24.3. The maximum absolute atomic E-state index is 12.5. The van der Waals surface area contributed by atoms with Crippen molar-refractivity contribution in [3.63, 3.8) is 0 Å². The molecule has 0 saturated carbocycles. The van der Waals surface area contributed by atoms with Crippen LogP contribution < -0.4 is 10.1 Å². The molecule has 0 fully saturated rings.